The van der Waals surface area contributed by atoms with Crippen LogP contribution in [0.5, 0.6) is 0 Å². The van der Waals surface area contributed by atoms with Crippen molar-refractivity contribution < 1.29 is 4.79 Å². The number of H-pyrrole nitrogens is 1. The average Bonchev–Trinajstić information content (AvgIpc) is 2.69. The van der Waals surface area contributed by atoms with E-state index in [1.165, 1.54) is 12.7 Å². The van der Waals surface area contributed by atoms with Crippen molar-refractivity contribution in [2.45, 2.75) is 33.1 Å². The van der Waals surface area contributed by atoms with Crippen LogP contribution in [0.4, 0.5) is 0 Å². The molecule has 0 saturated carbocycles. The van der Waals surface area contributed by atoms with Gasteiger partial charge in [0.1, 0.15) is 6.33 Å². The Kier molecular flexibility index (Phi) is 2.94. The summed E-state index contributed by atoms with van der Waals surface area (Å²) < 4.78 is 0. The SMILES string of the molecule is CC1(C)CCCN(C(=O)c2ncn[nH]2)CC1. The minimum Gasteiger partial charge on any atom is -0.336 e. The smallest absolute Gasteiger partial charge is 0.291 e. The van der Waals surface area contributed by atoms with Crippen molar-refractivity contribution in [1.29, 1.82) is 0 Å². The van der Waals surface area contributed by atoms with Crippen molar-refractivity contribution in [3.63, 3.8) is 0 Å². The lowest BCUT2D eigenvalue weighted by molar-refractivity contribution is 0.0745. The fraction of sp³-hybridized carbons (Fsp3) is 0.727. The highest BCUT2D eigenvalue weighted by molar-refractivity contribution is 5.90. The van der Waals surface area contributed by atoms with Gasteiger partial charge in [0.2, 0.25) is 5.82 Å². The fourth-order valence-electron chi connectivity index (χ4n) is 2.08. The van der Waals surface area contributed by atoms with Crippen LogP contribution in [0.2, 0.25) is 0 Å². The zero-order chi connectivity index (χ0) is 11.6. The lowest BCUT2D eigenvalue weighted by atomic mass is 9.85. The van der Waals surface area contributed by atoms with Gasteiger partial charge in [-0.2, -0.15) is 5.10 Å². The molecule has 1 saturated heterocycles. The topological polar surface area (TPSA) is 61.9 Å². The fourth-order valence-corrected chi connectivity index (χ4v) is 2.08. The quantitative estimate of drug-likeness (QED) is 0.782. The molecule has 0 atom stereocenters. The molecule has 1 N–H and O–H groups in total. The molecule has 1 aliphatic heterocycles. The summed E-state index contributed by atoms with van der Waals surface area (Å²) >= 11 is 0. The van der Waals surface area contributed by atoms with E-state index in [0.29, 0.717) is 11.2 Å². The van der Waals surface area contributed by atoms with Crippen molar-refractivity contribution >= 4 is 5.91 Å². The molecule has 1 aromatic heterocycles. The van der Waals surface area contributed by atoms with Gasteiger partial charge in [0, 0.05) is 13.1 Å². The van der Waals surface area contributed by atoms with E-state index in [4.69, 9.17) is 0 Å². The standard InChI is InChI=1S/C11H18N4O/c1-11(2)4-3-6-15(7-5-11)10(16)9-12-8-13-14-9/h8H,3-7H2,1-2H3,(H,12,13,14). The van der Waals surface area contributed by atoms with Gasteiger partial charge in [0.25, 0.3) is 5.91 Å². The summed E-state index contributed by atoms with van der Waals surface area (Å²) in [5, 5.41) is 6.33. The summed E-state index contributed by atoms with van der Waals surface area (Å²) in [7, 11) is 0. The second-order valence-electron chi connectivity index (χ2n) is 5.14. The van der Waals surface area contributed by atoms with Gasteiger partial charge >= 0.3 is 0 Å². The Labute approximate surface area is 95.2 Å². The van der Waals surface area contributed by atoms with Gasteiger partial charge in [-0.05, 0) is 24.7 Å². The molecule has 2 heterocycles. The summed E-state index contributed by atoms with van der Waals surface area (Å²) in [5.74, 6) is 0.315. The Morgan fingerprint density at radius 3 is 2.94 bits per heavy atom. The number of hydrogen-bond donors (Lipinski definition) is 1. The predicted molar refractivity (Wildman–Crippen MR) is 59.9 cm³/mol. The van der Waals surface area contributed by atoms with Crippen LogP contribution in [0.25, 0.3) is 0 Å². The molecule has 0 radical (unpaired) electrons. The van der Waals surface area contributed by atoms with Gasteiger partial charge < -0.3 is 4.90 Å². The summed E-state index contributed by atoms with van der Waals surface area (Å²) in [5.41, 5.74) is 0.344. The van der Waals surface area contributed by atoms with E-state index < -0.39 is 0 Å². The number of likely N-dealkylation sites (tertiary alicyclic amines) is 1. The molecule has 16 heavy (non-hydrogen) atoms. The summed E-state index contributed by atoms with van der Waals surface area (Å²) in [6.07, 6.45) is 4.65. The van der Waals surface area contributed by atoms with Gasteiger partial charge in [-0.25, -0.2) is 4.98 Å². The summed E-state index contributed by atoms with van der Waals surface area (Å²) in [4.78, 5) is 17.8. The Morgan fingerprint density at radius 1 is 1.44 bits per heavy atom. The third-order valence-corrected chi connectivity index (χ3v) is 3.24. The average molecular weight is 222 g/mol. The van der Waals surface area contributed by atoms with Gasteiger partial charge in [-0.3, -0.25) is 9.89 Å². The Hall–Kier alpha value is -1.39. The molecule has 88 valence electrons. The van der Waals surface area contributed by atoms with E-state index in [2.05, 4.69) is 29.0 Å². The molecule has 0 spiro atoms. The molecule has 0 unspecified atom stereocenters. The molecule has 5 nitrogen and oxygen atoms in total. The first kappa shape index (κ1) is 11.1. The van der Waals surface area contributed by atoms with E-state index in [-0.39, 0.29) is 5.91 Å². The maximum Gasteiger partial charge on any atom is 0.291 e. The molecule has 1 amide bonds. The number of hydrogen-bond acceptors (Lipinski definition) is 3. The van der Waals surface area contributed by atoms with Crippen LogP contribution in [0.3, 0.4) is 0 Å². The highest BCUT2D eigenvalue weighted by atomic mass is 16.2. The van der Waals surface area contributed by atoms with E-state index in [1.807, 2.05) is 4.90 Å². The molecular weight excluding hydrogens is 204 g/mol. The third kappa shape index (κ3) is 2.40. The molecule has 1 aromatic rings. The molecule has 0 bridgehead atoms. The number of nitrogens with zero attached hydrogens (tertiary/aromatic N) is 3. The maximum absolute atomic E-state index is 12.0. The zero-order valence-electron chi connectivity index (χ0n) is 9.86. The lowest BCUT2D eigenvalue weighted by Gasteiger charge is -2.22. The first-order chi connectivity index (χ1) is 7.58. The number of aromatic amines is 1. The number of amides is 1. The van der Waals surface area contributed by atoms with Crippen LogP contribution in [-0.4, -0.2) is 39.1 Å². The minimum absolute atomic E-state index is 0.0322. The number of carbonyl (C=O) groups excluding carboxylic acids is 1. The van der Waals surface area contributed by atoms with E-state index in [0.717, 1.165) is 25.9 Å². The highest BCUT2D eigenvalue weighted by Crippen LogP contribution is 2.29. The Bertz CT molecular complexity index is 358. The maximum atomic E-state index is 12.0. The van der Waals surface area contributed by atoms with Gasteiger partial charge in [-0.1, -0.05) is 13.8 Å². The van der Waals surface area contributed by atoms with E-state index in [1.54, 1.807) is 0 Å². The first-order valence-electron chi connectivity index (χ1n) is 5.73. The van der Waals surface area contributed by atoms with Gasteiger partial charge in [0.15, 0.2) is 0 Å². The van der Waals surface area contributed by atoms with Crippen LogP contribution < -0.4 is 0 Å². The minimum atomic E-state index is -0.0322. The van der Waals surface area contributed by atoms with Gasteiger partial charge in [-0.15, -0.1) is 0 Å². The van der Waals surface area contributed by atoms with Gasteiger partial charge in [0.05, 0.1) is 0 Å². The van der Waals surface area contributed by atoms with E-state index in [9.17, 15) is 4.79 Å². The van der Waals surface area contributed by atoms with Crippen molar-refractivity contribution in [2.24, 2.45) is 5.41 Å². The van der Waals surface area contributed by atoms with Crippen LogP contribution in [0.1, 0.15) is 43.7 Å². The number of nitrogens with one attached hydrogen (secondary N) is 1. The predicted octanol–water partition coefficient (Wildman–Crippen LogP) is 1.46. The monoisotopic (exact) mass is 222 g/mol. The van der Waals surface area contributed by atoms with Crippen LogP contribution >= 0.6 is 0 Å². The molecule has 0 aliphatic carbocycles. The van der Waals surface area contributed by atoms with Crippen molar-refractivity contribution in [2.75, 3.05) is 13.1 Å². The van der Waals surface area contributed by atoms with Crippen molar-refractivity contribution in [3.8, 4) is 0 Å². The largest absolute Gasteiger partial charge is 0.336 e. The normalized spacial score (nSPS) is 20.5. The molecule has 2 rings (SSSR count). The zero-order valence-corrected chi connectivity index (χ0v) is 9.86. The summed E-state index contributed by atoms with van der Waals surface area (Å²) in [6.45, 7) is 6.15. The van der Waals surface area contributed by atoms with Crippen LogP contribution in [0, 0.1) is 5.41 Å². The molecule has 1 aliphatic rings. The van der Waals surface area contributed by atoms with Crippen molar-refractivity contribution in [3.05, 3.63) is 12.2 Å². The Morgan fingerprint density at radius 2 is 2.25 bits per heavy atom. The van der Waals surface area contributed by atoms with Crippen molar-refractivity contribution in [1.82, 2.24) is 20.1 Å². The molecule has 0 aromatic carbocycles. The lowest BCUT2D eigenvalue weighted by Crippen LogP contribution is -2.33. The number of rotatable bonds is 1. The number of carbonyl (C=O) groups is 1. The van der Waals surface area contributed by atoms with Crippen LogP contribution in [-0.2, 0) is 0 Å². The Balaban J connectivity index is 2.03. The molecule has 1 fully saturated rings. The highest BCUT2D eigenvalue weighted by Gasteiger charge is 2.26. The van der Waals surface area contributed by atoms with E-state index >= 15 is 0 Å². The second kappa shape index (κ2) is 4.23. The van der Waals surface area contributed by atoms with Crippen LogP contribution in [0.15, 0.2) is 6.33 Å². The number of aromatic nitrogens is 3. The molecular formula is C11H18N4O. The summed E-state index contributed by atoms with van der Waals surface area (Å²) in [6, 6.07) is 0. The molecule has 5 heteroatoms. The third-order valence-electron chi connectivity index (χ3n) is 3.24. The first-order valence-corrected chi connectivity index (χ1v) is 5.73. The second-order valence-corrected chi connectivity index (χ2v) is 5.14.